The van der Waals surface area contributed by atoms with Gasteiger partial charge in [-0.3, -0.25) is 0 Å². The maximum absolute atomic E-state index is 13.1. The Morgan fingerprint density at radius 2 is 1.89 bits per heavy atom. The van der Waals surface area contributed by atoms with E-state index in [-0.39, 0.29) is 18.0 Å². The van der Waals surface area contributed by atoms with Gasteiger partial charge in [0.25, 0.3) is 0 Å². The number of hydrogen-bond acceptors (Lipinski definition) is 8. The predicted molar refractivity (Wildman–Crippen MR) is 144 cm³/mol. The number of aromatic nitrogens is 3. The van der Waals surface area contributed by atoms with Crippen LogP contribution in [0.4, 0.5) is 4.39 Å². The fourth-order valence-corrected chi connectivity index (χ4v) is 5.96. The maximum atomic E-state index is 13.1. The number of fused-ring (bicyclic) bond motifs is 2. The SMILES string of the molecule is C#Cc1cc(-c2nc3c(C)cc(OCCNS(=O)(=O)c4ccc(F)cc4)cc3s2)c2ncc(OC)nc2c1. The van der Waals surface area contributed by atoms with Crippen LogP contribution in [0, 0.1) is 25.1 Å². The number of thiazole rings is 1. The van der Waals surface area contributed by atoms with Gasteiger partial charge in [-0.25, -0.2) is 32.5 Å². The zero-order valence-electron chi connectivity index (χ0n) is 20.4. The van der Waals surface area contributed by atoms with Gasteiger partial charge < -0.3 is 9.47 Å². The van der Waals surface area contributed by atoms with Gasteiger partial charge >= 0.3 is 0 Å². The molecular weight excluding hydrogens is 527 g/mol. The van der Waals surface area contributed by atoms with Crippen molar-refractivity contribution in [3.05, 3.63) is 71.7 Å². The van der Waals surface area contributed by atoms with Crippen LogP contribution in [0.3, 0.4) is 0 Å². The van der Waals surface area contributed by atoms with E-state index in [9.17, 15) is 12.8 Å². The van der Waals surface area contributed by atoms with Gasteiger partial charge in [-0.05, 0) is 61.0 Å². The second-order valence-corrected chi connectivity index (χ2v) is 11.1. The van der Waals surface area contributed by atoms with E-state index < -0.39 is 15.8 Å². The van der Waals surface area contributed by atoms with E-state index in [1.165, 1.54) is 30.6 Å². The molecule has 5 aromatic rings. The summed E-state index contributed by atoms with van der Waals surface area (Å²) in [6.45, 7) is 2.07. The summed E-state index contributed by atoms with van der Waals surface area (Å²) in [6.07, 6.45) is 7.23. The van der Waals surface area contributed by atoms with Gasteiger partial charge in [-0.15, -0.1) is 17.8 Å². The first-order valence-corrected chi connectivity index (χ1v) is 13.7. The molecule has 8 nitrogen and oxygen atoms in total. The monoisotopic (exact) mass is 548 g/mol. The number of sulfonamides is 1. The number of nitrogens with zero attached hydrogens (tertiary/aromatic N) is 3. The number of terminal acetylenes is 1. The Labute approximate surface area is 222 Å². The van der Waals surface area contributed by atoms with E-state index in [1.54, 1.807) is 12.3 Å². The van der Waals surface area contributed by atoms with Crippen molar-refractivity contribution in [3.63, 3.8) is 0 Å². The molecule has 0 saturated carbocycles. The van der Waals surface area contributed by atoms with Gasteiger partial charge in [0.05, 0.1) is 39.5 Å². The summed E-state index contributed by atoms with van der Waals surface area (Å²) >= 11 is 1.46. The minimum Gasteiger partial charge on any atom is -0.492 e. The smallest absolute Gasteiger partial charge is 0.240 e. The van der Waals surface area contributed by atoms with Crippen LogP contribution in [0.1, 0.15) is 11.1 Å². The number of rotatable bonds is 8. The van der Waals surface area contributed by atoms with Crippen LogP contribution in [-0.4, -0.2) is 43.6 Å². The molecular formula is C27H21FN4O4S2. The molecule has 0 saturated heterocycles. The third-order valence-corrected chi connectivity index (χ3v) is 8.19. The highest BCUT2D eigenvalue weighted by molar-refractivity contribution is 7.89. The Morgan fingerprint density at radius 3 is 2.63 bits per heavy atom. The first kappa shape index (κ1) is 25.5. The zero-order chi connectivity index (χ0) is 26.9. The number of halogens is 1. The molecule has 0 atom stereocenters. The summed E-state index contributed by atoms with van der Waals surface area (Å²) in [5.41, 5.74) is 4.40. The summed E-state index contributed by atoms with van der Waals surface area (Å²) in [7, 11) is -2.24. The van der Waals surface area contributed by atoms with Crippen molar-refractivity contribution in [2.75, 3.05) is 20.3 Å². The van der Waals surface area contributed by atoms with Gasteiger partial charge in [0.1, 0.15) is 23.2 Å². The van der Waals surface area contributed by atoms with Crippen molar-refractivity contribution in [2.45, 2.75) is 11.8 Å². The van der Waals surface area contributed by atoms with Crippen molar-refractivity contribution in [3.8, 4) is 34.5 Å². The van der Waals surface area contributed by atoms with Crippen LogP contribution < -0.4 is 14.2 Å². The third-order valence-electron chi connectivity index (χ3n) is 5.68. The number of benzene rings is 3. The molecule has 11 heteroatoms. The summed E-state index contributed by atoms with van der Waals surface area (Å²) in [4.78, 5) is 13.8. The number of hydrogen-bond donors (Lipinski definition) is 1. The molecule has 0 radical (unpaired) electrons. The van der Waals surface area contributed by atoms with E-state index in [0.717, 1.165) is 38.5 Å². The zero-order valence-corrected chi connectivity index (χ0v) is 22.0. The van der Waals surface area contributed by atoms with E-state index in [4.69, 9.17) is 20.9 Å². The average Bonchev–Trinajstić information content (AvgIpc) is 3.35. The fourth-order valence-electron chi connectivity index (χ4n) is 3.86. The molecule has 0 unspecified atom stereocenters. The molecule has 1 N–H and O–H groups in total. The molecule has 0 aliphatic heterocycles. The third kappa shape index (κ3) is 5.15. The van der Waals surface area contributed by atoms with Crippen LogP contribution in [0.2, 0.25) is 0 Å². The van der Waals surface area contributed by atoms with Crippen molar-refractivity contribution >= 4 is 42.6 Å². The number of ether oxygens (including phenoxy) is 2. The first-order valence-electron chi connectivity index (χ1n) is 11.4. The topological polar surface area (TPSA) is 103 Å². The fraction of sp³-hybridized carbons (Fsp3) is 0.148. The molecule has 3 aromatic carbocycles. The van der Waals surface area contributed by atoms with Crippen molar-refractivity contribution < 1.29 is 22.3 Å². The molecule has 0 fully saturated rings. The molecule has 192 valence electrons. The number of aryl methyl sites for hydroxylation is 1. The van der Waals surface area contributed by atoms with Gasteiger partial charge in [-0.2, -0.15) is 0 Å². The number of nitrogens with one attached hydrogen (secondary N) is 1. The van der Waals surface area contributed by atoms with E-state index in [1.807, 2.05) is 25.1 Å². The summed E-state index contributed by atoms with van der Waals surface area (Å²) < 4.78 is 52.2. The van der Waals surface area contributed by atoms with E-state index in [0.29, 0.717) is 28.2 Å². The Hall–Kier alpha value is -4.11. The normalized spacial score (nSPS) is 11.5. The molecule has 2 heterocycles. The maximum Gasteiger partial charge on any atom is 0.240 e. The van der Waals surface area contributed by atoms with Crippen molar-refractivity contribution in [1.29, 1.82) is 0 Å². The molecule has 0 bridgehead atoms. The second kappa shape index (κ2) is 10.3. The largest absolute Gasteiger partial charge is 0.492 e. The minimum atomic E-state index is -3.77. The first-order chi connectivity index (χ1) is 18.3. The molecule has 5 rings (SSSR count). The molecule has 0 spiro atoms. The summed E-state index contributed by atoms with van der Waals surface area (Å²) in [5, 5.41) is 0.730. The Bertz CT molecular complexity index is 1810. The standard InChI is InChI=1S/C27H21FN4O4S2/c1-4-17-12-21(26-22(13-17)31-24(35-3)15-29-26)27-32-25-16(2)11-19(14-23(25)37-27)36-10-9-30-38(33,34)20-7-5-18(28)6-8-20/h1,5-8,11-15,30H,9-10H2,2-3H3. The highest BCUT2D eigenvalue weighted by Gasteiger charge is 2.16. The van der Waals surface area contributed by atoms with Crippen LogP contribution in [-0.2, 0) is 10.0 Å². The lowest BCUT2D eigenvalue weighted by Gasteiger charge is -2.09. The quantitative estimate of drug-likeness (QED) is 0.221. The predicted octanol–water partition coefficient (Wildman–Crippen LogP) is 4.70. The minimum absolute atomic E-state index is 0.0158. The van der Waals surface area contributed by atoms with Crippen LogP contribution in [0.15, 0.2) is 59.6 Å². The Kier molecular flexibility index (Phi) is 6.94. The molecule has 0 amide bonds. The van der Waals surface area contributed by atoms with Gasteiger partial charge in [0.15, 0.2) is 0 Å². The lowest BCUT2D eigenvalue weighted by atomic mass is 10.1. The van der Waals surface area contributed by atoms with Gasteiger partial charge in [-0.1, -0.05) is 5.92 Å². The molecule has 0 aliphatic rings. The highest BCUT2D eigenvalue weighted by atomic mass is 32.2. The van der Waals surface area contributed by atoms with Crippen molar-refractivity contribution in [2.24, 2.45) is 0 Å². The second-order valence-electron chi connectivity index (χ2n) is 8.25. The van der Waals surface area contributed by atoms with E-state index >= 15 is 0 Å². The highest BCUT2D eigenvalue weighted by Crippen LogP contribution is 2.37. The lowest BCUT2D eigenvalue weighted by Crippen LogP contribution is -2.28. The lowest BCUT2D eigenvalue weighted by molar-refractivity contribution is 0.323. The summed E-state index contributed by atoms with van der Waals surface area (Å²) in [5.74, 6) is 3.12. The van der Waals surface area contributed by atoms with Gasteiger partial charge in [0, 0.05) is 17.7 Å². The van der Waals surface area contributed by atoms with Crippen LogP contribution in [0.25, 0.3) is 31.8 Å². The van der Waals surface area contributed by atoms with E-state index in [2.05, 4.69) is 20.6 Å². The molecule has 38 heavy (non-hydrogen) atoms. The van der Waals surface area contributed by atoms with Gasteiger partial charge in [0.2, 0.25) is 15.9 Å². The molecule has 2 aromatic heterocycles. The van der Waals surface area contributed by atoms with Crippen molar-refractivity contribution in [1.82, 2.24) is 19.7 Å². The average molecular weight is 549 g/mol. The number of methoxy groups -OCH3 is 1. The summed E-state index contributed by atoms with van der Waals surface area (Å²) in [6, 6.07) is 12.0. The van der Waals surface area contributed by atoms with Crippen LogP contribution in [0.5, 0.6) is 11.6 Å². The van der Waals surface area contributed by atoms with Crippen LogP contribution >= 0.6 is 11.3 Å². The molecule has 0 aliphatic carbocycles. The Balaban J connectivity index is 1.37. The Morgan fingerprint density at radius 1 is 1.11 bits per heavy atom.